The molecule has 2 aliphatic carbocycles. The third-order valence-corrected chi connectivity index (χ3v) is 3.67. The number of hydrogen-bond donors (Lipinski definition) is 1. The normalized spacial score (nSPS) is 20.8. The molecule has 0 aromatic carbocycles. The molecule has 1 aromatic rings. The molecule has 0 aliphatic heterocycles. The first-order valence-corrected chi connectivity index (χ1v) is 7.00. The molecule has 1 unspecified atom stereocenters. The van der Waals surface area contributed by atoms with Gasteiger partial charge in [0.25, 0.3) is 0 Å². The zero-order valence-electron chi connectivity index (χ0n) is 11.1. The molecule has 1 aromatic heterocycles. The Kier molecular flexibility index (Phi) is 3.20. The average molecular weight is 247 g/mol. The van der Waals surface area contributed by atoms with E-state index in [4.69, 9.17) is 9.72 Å². The Balaban J connectivity index is 1.90. The van der Waals surface area contributed by atoms with Gasteiger partial charge in [-0.15, -0.1) is 0 Å². The maximum Gasteiger partial charge on any atom is 0.160 e. The van der Waals surface area contributed by atoms with E-state index in [-0.39, 0.29) is 6.10 Å². The van der Waals surface area contributed by atoms with Crippen LogP contribution >= 0.6 is 0 Å². The molecular formula is C14H21N3O. The van der Waals surface area contributed by atoms with Gasteiger partial charge in [0, 0.05) is 31.3 Å². The maximum atomic E-state index is 5.85. The Morgan fingerprint density at radius 1 is 1.33 bits per heavy atom. The summed E-state index contributed by atoms with van der Waals surface area (Å²) in [5, 5.41) is 3.14. The van der Waals surface area contributed by atoms with Crippen molar-refractivity contribution in [1.82, 2.24) is 9.97 Å². The van der Waals surface area contributed by atoms with Gasteiger partial charge in [0.05, 0.1) is 0 Å². The summed E-state index contributed by atoms with van der Waals surface area (Å²) in [6.07, 6.45) is 5.12. The molecule has 98 valence electrons. The van der Waals surface area contributed by atoms with Gasteiger partial charge in [0.1, 0.15) is 11.9 Å². The lowest BCUT2D eigenvalue weighted by Crippen LogP contribution is -2.13. The van der Waals surface area contributed by atoms with E-state index in [1.54, 1.807) is 0 Å². The third-order valence-electron chi connectivity index (χ3n) is 3.67. The molecule has 4 heteroatoms. The van der Waals surface area contributed by atoms with Crippen LogP contribution in [-0.4, -0.2) is 23.6 Å². The highest BCUT2D eigenvalue weighted by atomic mass is 16.5. The molecule has 0 bridgehead atoms. The van der Waals surface area contributed by atoms with Crippen LogP contribution in [-0.2, 0) is 4.74 Å². The van der Waals surface area contributed by atoms with Gasteiger partial charge in [-0.2, -0.15) is 0 Å². The Labute approximate surface area is 108 Å². The van der Waals surface area contributed by atoms with E-state index in [2.05, 4.69) is 16.4 Å². The minimum Gasteiger partial charge on any atom is -0.373 e. The number of aromatic nitrogens is 2. The Bertz CT molecular complexity index is 427. The lowest BCUT2D eigenvalue weighted by Gasteiger charge is -2.16. The smallest absolute Gasteiger partial charge is 0.160 e. The molecule has 2 fully saturated rings. The fourth-order valence-corrected chi connectivity index (χ4v) is 2.33. The van der Waals surface area contributed by atoms with Gasteiger partial charge < -0.3 is 10.1 Å². The van der Waals surface area contributed by atoms with Crippen LogP contribution in [0.3, 0.4) is 0 Å². The standard InChI is InChI=1S/C14H21N3O/c1-3-18-13(10-6-7-10)14-16-11(9-4-5-9)8-12(15-2)17-14/h8-10,13H,3-7H2,1-2H3,(H,15,16,17). The van der Waals surface area contributed by atoms with Gasteiger partial charge >= 0.3 is 0 Å². The van der Waals surface area contributed by atoms with Crippen molar-refractivity contribution in [3.63, 3.8) is 0 Å². The summed E-state index contributed by atoms with van der Waals surface area (Å²) in [5.74, 6) is 3.09. The minimum absolute atomic E-state index is 0.0980. The molecule has 0 spiro atoms. The lowest BCUT2D eigenvalue weighted by molar-refractivity contribution is 0.0400. The van der Waals surface area contributed by atoms with E-state index >= 15 is 0 Å². The van der Waals surface area contributed by atoms with Crippen molar-refractivity contribution in [2.24, 2.45) is 5.92 Å². The van der Waals surface area contributed by atoms with Gasteiger partial charge in [0.2, 0.25) is 0 Å². The monoisotopic (exact) mass is 247 g/mol. The number of rotatable bonds is 6. The molecule has 1 atom stereocenters. The fraction of sp³-hybridized carbons (Fsp3) is 0.714. The summed E-state index contributed by atoms with van der Waals surface area (Å²) in [6, 6.07) is 2.08. The van der Waals surface area contributed by atoms with Crippen LogP contribution < -0.4 is 5.32 Å². The number of hydrogen-bond acceptors (Lipinski definition) is 4. The Morgan fingerprint density at radius 2 is 2.11 bits per heavy atom. The van der Waals surface area contributed by atoms with Crippen LogP contribution in [0.4, 0.5) is 5.82 Å². The second-order valence-electron chi connectivity index (χ2n) is 5.27. The van der Waals surface area contributed by atoms with Crippen LogP contribution in [0.2, 0.25) is 0 Å². The molecule has 2 saturated carbocycles. The SMILES string of the molecule is CCOC(c1nc(NC)cc(C2CC2)n1)C1CC1. The van der Waals surface area contributed by atoms with Gasteiger partial charge in [-0.05, 0) is 38.5 Å². The predicted octanol–water partition coefficient (Wildman–Crippen LogP) is 2.88. The second-order valence-corrected chi connectivity index (χ2v) is 5.27. The van der Waals surface area contributed by atoms with E-state index in [9.17, 15) is 0 Å². The van der Waals surface area contributed by atoms with Crippen molar-refractivity contribution in [2.75, 3.05) is 19.0 Å². The molecule has 0 radical (unpaired) electrons. The largest absolute Gasteiger partial charge is 0.373 e. The highest BCUT2D eigenvalue weighted by molar-refractivity contribution is 5.37. The first-order valence-electron chi connectivity index (χ1n) is 7.00. The summed E-state index contributed by atoms with van der Waals surface area (Å²) in [7, 11) is 1.91. The fourth-order valence-electron chi connectivity index (χ4n) is 2.33. The van der Waals surface area contributed by atoms with Crippen molar-refractivity contribution in [3.05, 3.63) is 17.6 Å². The van der Waals surface area contributed by atoms with Crippen LogP contribution in [0.1, 0.15) is 56.1 Å². The second kappa shape index (κ2) is 4.84. The highest BCUT2D eigenvalue weighted by Crippen LogP contribution is 2.44. The highest BCUT2D eigenvalue weighted by Gasteiger charge is 2.36. The van der Waals surface area contributed by atoms with Crippen LogP contribution in [0.25, 0.3) is 0 Å². The predicted molar refractivity (Wildman–Crippen MR) is 70.6 cm³/mol. The summed E-state index contributed by atoms with van der Waals surface area (Å²) in [4.78, 5) is 9.34. The van der Waals surface area contributed by atoms with Gasteiger partial charge in [-0.25, -0.2) is 9.97 Å². The number of ether oxygens (including phenoxy) is 1. The summed E-state index contributed by atoms with van der Waals surface area (Å²) >= 11 is 0. The first kappa shape index (κ1) is 11.9. The van der Waals surface area contributed by atoms with Crippen LogP contribution in [0, 0.1) is 5.92 Å². The van der Waals surface area contributed by atoms with E-state index in [1.807, 2.05) is 14.0 Å². The van der Waals surface area contributed by atoms with Crippen LogP contribution in [0.15, 0.2) is 6.07 Å². The number of nitrogens with zero attached hydrogens (tertiary/aromatic N) is 2. The zero-order valence-corrected chi connectivity index (χ0v) is 11.1. The number of nitrogens with one attached hydrogen (secondary N) is 1. The van der Waals surface area contributed by atoms with E-state index in [1.165, 1.54) is 31.4 Å². The summed E-state index contributed by atoms with van der Waals surface area (Å²) in [6.45, 7) is 2.77. The Morgan fingerprint density at radius 3 is 2.67 bits per heavy atom. The zero-order chi connectivity index (χ0) is 12.5. The molecule has 1 heterocycles. The quantitative estimate of drug-likeness (QED) is 0.839. The van der Waals surface area contributed by atoms with Gasteiger partial charge in [0.15, 0.2) is 5.82 Å². The van der Waals surface area contributed by atoms with Gasteiger partial charge in [-0.3, -0.25) is 0 Å². The lowest BCUT2D eigenvalue weighted by atomic mass is 10.2. The van der Waals surface area contributed by atoms with Crippen molar-refractivity contribution in [2.45, 2.75) is 44.6 Å². The summed E-state index contributed by atoms with van der Waals surface area (Å²) < 4.78 is 5.85. The van der Waals surface area contributed by atoms with Crippen molar-refractivity contribution in [1.29, 1.82) is 0 Å². The summed E-state index contributed by atoms with van der Waals surface area (Å²) in [5.41, 5.74) is 1.19. The molecule has 18 heavy (non-hydrogen) atoms. The molecule has 0 saturated heterocycles. The topological polar surface area (TPSA) is 47.0 Å². The van der Waals surface area contributed by atoms with E-state index in [0.29, 0.717) is 11.8 Å². The third kappa shape index (κ3) is 2.48. The van der Waals surface area contributed by atoms with Gasteiger partial charge in [-0.1, -0.05) is 0 Å². The minimum atomic E-state index is 0.0980. The maximum absolute atomic E-state index is 5.85. The molecule has 2 aliphatic rings. The molecule has 4 nitrogen and oxygen atoms in total. The molecule has 1 N–H and O–H groups in total. The van der Waals surface area contributed by atoms with Crippen molar-refractivity contribution >= 4 is 5.82 Å². The van der Waals surface area contributed by atoms with Crippen LogP contribution in [0.5, 0.6) is 0 Å². The van der Waals surface area contributed by atoms with Crippen molar-refractivity contribution in [3.8, 4) is 0 Å². The number of anilines is 1. The first-order chi connectivity index (χ1) is 8.81. The average Bonchev–Trinajstić information content (AvgIpc) is 3.27. The van der Waals surface area contributed by atoms with E-state index < -0.39 is 0 Å². The molecular weight excluding hydrogens is 226 g/mol. The van der Waals surface area contributed by atoms with E-state index in [0.717, 1.165) is 18.2 Å². The Hall–Kier alpha value is -1.16. The molecule has 3 rings (SSSR count). The molecule has 0 amide bonds. The van der Waals surface area contributed by atoms with Crippen molar-refractivity contribution < 1.29 is 4.74 Å².